The van der Waals surface area contributed by atoms with Gasteiger partial charge in [0.2, 0.25) is 0 Å². The molecule has 0 radical (unpaired) electrons. The smallest absolute Gasteiger partial charge is 0.0947 e. The second kappa shape index (κ2) is 4.62. The summed E-state index contributed by atoms with van der Waals surface area (Å²) in [6, 6.07) is 2.05. The third-order valence-electron chi connectivity index (χ3n) is 2.90. The van der Waals surface area contributed by atoms with Crippen molar-refractivity contribution in [2.24, 2.45) is 0 Å². The lowest BCUT2D eigenvalue weighted by molar-refractivity contribution is 0.132. The van der Waals surface area contributed by atoms with E-state index in [4.69, 9.17) is 4.42 Å². The largest absolute Gasteiger partial charge is 0.472 e. The molecule has 0 saturated carbocycles. The molecule has 0 bridgehead atoms. The van der Waals surface area contributed by atoms with Crippen LogP contribution in [0, 0.1) is 0 Å². The van der Waals surface area contributed by atoms with Gasteiger partial charge in [0.15, 0.2) is 0 Å². The van der Waals surface area contributed by atoms with E-state index in [1.54, 1.807) is 6.26 Å². The minimum Gasteiger partial charge on any atom is -0.472 e. The molecule has 1 saturated heterocycles. The Morgan fingerprint density at radius 3 is 2.50 bits per heavy atom. The van der Waals surface area contributed by atoms with Crippen molar-refractivity contribution in [1.29, 1.82) is 0 Å². The van der Waals surface area contributed by atoms with Crippen LogP contribution in [0.3, 0.4) is 0 Å². The molecule has 0 unspecified atom stereocenters. The molecule has 78 valence electrons. The zero-order valence-electron chi connectivity index (χ0n) is 8.78. The average molecular weight is 194 g/mol. The molecule has 1 aliphatic heterocycles. The van der Waals surface area contributed by atoms with E-state index in [2.05, 4.69) is 16.7 Å². The van der Waals surface area contributed by atoms with Crippen molar-refractivity contribution in [3.8, 4) is 0 Å². The van der Waals surface area contributed by atoms with Crippen molar-refractivity contribution >= 4 is 0 Å². The summed E-state index contributed by atoms with van der Waals surface area (Å²) in [5, 5.41) is 0. The van der Waals surface area contributed by atoms with Crippen LogP contribution in [0.1, 0.15) is 12.5 Å². The maximum atomic E-state index is 5.06. The number of likely N-dealkylation sites (N-methyl/N-ethyl adjacent to an activating group) is 1. The Kier molecular flexibility index (Phi) is 3.22. The van der Waals surface area contributed by atoms with Gasteiger partial charge in [-0.15, -0.1) is 0 Å². The predicted molar refractivity (Wildman–Crippen MR) is 56.1 cm³/mol. The number of nitrogens with zero attached hydrogens (tertiary/aromatic N) is 2. The van der Waals surface area contributed by atoms with Gasteiger partial charge in [-0.1, -0.05) is 6.92 Å². The molecule has 0 spiro atoms. The van der Waals surface area contributed by atoms with Crippen LogP contribution < -0.4 is 0 Å². The van der Waals surface area contributed by atoms with Gasteiger partial charge in [0.1, 0.15) is 0 Å². The molecule has 0 atom stereocenters. The quantitative estimate of drug-likeness (QED) is 0.725. The molecule has 0 amide bonds. The Morgan fingerprint density at radius 2 is 1.93 bits per heavy atom. The molecule has 1 aromatic rings. The van der Waals surface area contributed by atoms with E-state index < -0.39 is 0 Å². The van der Waals surface area contributed by atoms with E-state index in [0.29, 0.717) is 0 Å². The number of furan rings is 1. The van der Waals surface area contributed by atoms with Crippen molar-refractivity contribution < 1.29 is 4.42 Å². The molecule has 0 aliphatic carbocycles. The molecule has 3 nitrogen and oxygen atoms in total. The van der Waals surface area contributed by atoms with Crippen LogP contribution in [0.5, 0.6) is 0 Å². The first-order chi connectivity index (χ1) is 6.88. The van der Waals surface area contributed by atoms with Gasteiger partial charge in [-0.2, -0.15) is 0 Å². The highest BCUT2D eigenvalue weighted by Crippen LogP contribution is 2.08. The van der Waals surface area contributed by atoms with Gasteiger partial charge in [-0.3, -0.25) is 4.90 Å². The molecule has 2 heterocycles. The average Bonchev–Trinajstić information content (AvgIpc) is 2.72. The van der Waals surface area contributed by atoms with Crippen molar-refractivity contribution in [1.82, 2.24) is 9.80 Å². The van der Waals surface area contributed by atoms with Crippen LogP contribution in [0.2, 0.25) is 0 Å². The SMILES string of the molecule is CCN1CCN(Cc2ccoc2)CC1. The van der Waals surface area contributed by atoms with Crippen LogP contribution in [-0.4, -0.2) is 42.5 Å². The van der Waals surface area contributed by atoms with Crippen LogP contribution in [-0.2, 0) is 6.54 Å². The number of piperazine rings is 1. The Morgan fingerprint density at radius 1 is 1.21 bits per heavy atom. The third kappa shape index (κ3) is 2.36. The van der Waals surface area contributed by atoms with E-state index >= 15 is 0 Å². The monoisotopic (exact) mass is 194 g/mol. The van der Waals surface area contributed by atoms with Gasteiger partial charge < -0.3 is 9.32 Å². The molecule has 0 aromatic carbocycles. The van der Waals surface area contributed by atoms with Crippen LogP contribution >= 0.6 is 0 Å². The molecular weight excluding hydrogens is 176 g/mol. The molecule has 3 heteroatoms. The fourth-order valence-corrected chi connectivity index (χ4v) is 1.90. The maximum absolute atomic E-state index is 5.06. The fourth-order valence-electron chi connectivity index (χ4n) is 1.90. The predicted octanol–water partition coefficient (Wildman–Crippen LogP) is 1.42. The first-order valence-electron chi connectivity index (χ1n) is 5.34. The van der Waals surface area contributed by atoms with E-state index in [-0.39, 0.29) is 0 Å². The highest BCUT2D eigenvalue weighted by molar-refractivity contribution is 5.05. The standard InChI is InChI=1S/C11H18N2O/c1-2-12-4-6-13(7-5-12)9-11-3-8-14-10-11/h3,8,10H,2,4-7,9H2,1H3. The minimum atomic E-state index is 1.04. The topological polar surface area (TPSA) is 19.6 Å². The summed E-state index contributed by atoms with van der Waals surface area (Å²) in [6.07, 6.45) is 3.59. The van der Waals surface area contributed by atoms with Crippen molar-refractivity contribution in [2.75, 3.05) is 32.7 Å². The second-order valence-electron chi connectivity index (χ2n) is 3.84. The number of rotatable bonds is 3. The van der Waals surface area contributed by atoms with Gasteiger partial charge in [0.25, 0.3) is 0 Å². The van der Waals surface area contributed by atoms with Gasteiger partial charge >= 0.3 is 0 Å². The van der Waals surface area contributed by atoms with Gasteiger partial charge in [-0.25, -0.2) is 0 Å². The highest BCUT2D eigenvalue weighted by Gasteiger charge is 2.15. The summed E-state index contributed by atoms with van der Waals surface area (Å²) in [5.41, 5.74) is 1.29. The normalized spacial score (nSPS) is 20.1. The van der Waals surface area contributed by atoms with Crippen LogP contribution in [0.15, 0.2) is 23.0 Å². The summed E-state index contributed by atoms with van der Waals surface area (Å²) < 4.78 is 5.06. The van der Waals surface area contributed by atoms with Crippen LogP contribution in [0.4, 0.5) is 0 Å². The van der Waals surface area contributed by atoms with E-state index in [9.17, 15) is 0 Å². The zero-order valence-corrected chi connectivity index (χ0v) is 8.78. The Hall–Kier alpha value is -0.800. The molecule has 14 heavy (non-hydrogen) atoms. The zero-order chi connectivity index (χ0) is 9.80. The maximum Gasteiger partial charge on any atom is 0.0947 e. The van der Waals surface area contributed by atoms with E-state index in [1.807, 2.05) is 12.3 Å². The minimum absolute atomic E-state index is 1.04. The Balaban J connectivity index is 1.79. The third-order valence-corrected chi connectivity index (χ3v) is 2.90. The van der Waals surface area contributed by atoms with Crippen LogP contribution in [0.25, 0.3) is 0 Å². The summed E-state index contributed by atoms with van der Waals surface area (Å²) in [6.45, 7) is 9.21. The molecular formula is C11H18N2O. The highest BCUT2D eigenvalue weighted by atomic mass is 16.3. The second-order valence-corrected chi connectivity index (χ2v) is 3.84. The summed E-state index contributed by atoms with van der Waals surface area (Å²) >= 11 is 0. The Bertz CT molecular complexity index is 250. The molecule has 1 aliphatic rings. The number of hydrogen-bond acceptors (Lipinski definition) is 3. The van der Waals surface area contributed by atoms with E-state index in [1.165, 1.54) is 38.3 Å². The molecule has 1 aromatic heterocycles. The van der Waals surface area contributed by atoms with Gasteiger partial charge in [-0.05, 0) is 12.6 Å². The first-order valence-corrected chi connectivity index (χ1v) is 5.34. The van der Waals surface area contributed by atoms with Crippen molar-refractivity contribution in [3.63, 3.8) is 0 Å². The summed E-state index contributed by atoms with van der Waals surface area (Å²) in [7, 11) is 0. The number of hydrogen-bond donors (Lipinski definition) is 0. The lowest BCUT2D eigenvalue weighted by Crippen LogP contribution is -2.45. The molecule has 0 N–H and O–H groups in total. The van der Waals surface area contributed by atoms with Gasteiger partial charge in [0, 0.05) is 38.3 Å². The lowest BCUT2D eigenvalue weighted by atomic mass is 10.2. The summed E-state index contributed by atoms with van der Waals surface area (Å²) in [4.78, 5) is 4.98. The van der Waals surface area contributed by atoms with Crippen molar-refractivity contribution in [3.05, 3.63) is 24.2 Å². The molecule has 1 fully saturated rings. The van der Waals surface area contributed by atoms with E-state index in [0.717, 1.165) is 6.54 Å². The van der Waals surface area contributed by atoms with Crippen molar-refractivity contribution in [2.45, 2.75) is 13.5 Å². The van der Waals surface area contributed by atoms with Gasteiger partial charge in [0.05, 0.1) is 12.5 Å². The first kappa shape index (κ1) is 9.74. The molecule has 2 rings (SSSR count). The Labute approximate surface area is 85.3 Å². The summed E-state index contributed by atoms with van der Waals surface area (Å²) in [5.74, 6) is 0. The fraction of sp³-hybridized carbons (Fsp3) is 0.636. The lowest BCUT2D eigenvalue weighted by Gasteiger charge is -2.33.